The standard InChI is InChI=1S/C18H15NOS/c1-21-17-12-5-4-10-15(17)18(20)19-16-11-6-8-13-7-2-3-9-14(13)16/h2-12H,1H3,(H,19,20). The van der Waals surface area contributed by atoms with E-state index in [0.29, 0.717) is 5.56 Å². The number of nitrogens with one attached hydrogen (secondary N) is 1. The van der Waals surface area contributed by atoms with Crippen molar-refractivity contribution in [3.8, 4) is 0 Å². The Balaban J connectivity index is 1.97. The molecule has 0 aliphatic heterocycles. The molecule has 3 aromatic rings. The van der Waals surface area contributed by atoms with Gasteiger partial charge in [-0.25, -0.2) is 0 Å². The van der Waals surface area contributed by atoms with Gasteiger partial charge in [0.05, 0.1) is 5.56 Å². The lowest BCUT2D eigenvalue weighted by Gasteiger charge is -2.10. The van der Waals surface area contributed by atoms with Crippen LogP contribution in [-0.2, 0) is 0 Å². The largest absolute Gasteiger partial charge is 0.321 e. The molecular weight excluding hydrogens is 278 g/mol. The van der Waals surface area contributed by atoms with E-state index in [1.54, 1.807) is 11.8 Å². The molecule has 0 bridgehead atoms. The number of anilines is 1. The highest BCUT2D eigenvalue weighted by Crippen LogP contribution is 2.25. The Morgan fingerprint density at radius 1 is 0.905 bits per heavy atom. The van der Waals surface area contributed by atoms with Gasteiger partial charge in [0.1, 0.15) is 0 Å². The second-order valence-electron chi connectivity index (χ2n) is 4.68. The zero-order chi connectivity index (χ0) is 14.7. The summed E-state index contributed by atoms with van der Waals surface area (Å²) in [6.07, 6.45) is 1.98. The SMILES string of the molecule is CSc1ccccc1C(=O)Nc1cccc2ccccc12. The maximum Gasteiger partial charge on any atom is 0.256 e. The van der Waals surface area contributed by atoms with Crippen LogP contribution in [0, 0.1) is 0 Å². The van der Waals surface area contributed by atoms with Crippen LogP contribution in [0.1, 0.15) is 10.4 Å². The first-order valence-corrected chi connectivity index (χ1v) is 7.94. The van der Waals surface area contributed by atoms with E-state index in [-0.39, 0.29) is 5.91 Å². The molecule has 3 aromatic carbocycles. The normalized spacial score (nSPS) is 10.5. The molecule has 0 aliphatic carbocycles. The first kappa shape index (κ1) is 13.7. The molecule has 0 heterocycles. The molecule has 0 aromatic heterocycles. The summed E-state index contributed by atoms with van der Waals surface area (Å²) in [6, 6.07) is 21.6. The van der Waals surface area contributed by atoms with Gasteiger partial charge in [0.2, 0.25) is 0 Å². The molecule has 0 atom stereocenters. The molecule has 0 fully saturated rings. The molecule has 0 unspecified atom stereocenters. The van der Waals surface area contributed by atoms with Crippen LogP contribution in [0.3, 0.4) is 0 Å². The van der Waals surface area contributed by atoms with Gasteiger partial charge in [0.25, 0.3) is 5.91 Å². The van der Waals surface area contributed by atoms with Gasteiger partial charge in [-0.05, 0) is 29.8 Å². The van der Waals surface area contributed by atoms with Crippen LogP contribution < -0.4 is 5.32 Å². The number of carbonyl (C=O) groups excluding carboxylic acids is 1. The van der Waals surface area contributed by atoms with Crippen LogP contribution in [0.5, 0.6) is 0 Å². The van der Waals surface area contributed by atoms with E-state index in [2.05, 4.69) is 5.32 Å². The lowest BCUT2D eigenvalue weighted by molar-refractivity contribution is 0.102. The molecule has 0 radical (unpaired) electrons. The van der Waals surface area contributed by atoms with Crippen LogP contribution in [0.2, 0.25) is 0 Å². The highest BCUT2D eigenvalue weighted by atomic mass is 32.2. The summed E-state index contributed by atoms with van der Waals surface area (Å²) in [5, 5.41) is 5.19. The van der Waals surface area contributed by atoms with Crippen LogP contribution in [0.25, 0.3) is 10.8 Å². The van der Waals surface area contributed by atoms with Crippen molar-refractivity contribution in [2.75, 3.05) is 11.6 Å². The van der Waals surface area contributed by atoms with Crippen LogP contribution in [0.15, 0.2) is 71.6 Å². The van der Waals surface area contributed by atoms with E-state index < -0.39 is 0 Å². The van der Waals surface area contributed by atoms with E-state index in [1.807, 2.05) is 73.0 Å². The lowest BCUT2D eigenvalue weighted by Crippen LogP contribution is -2.13. The van der Waals surface area contributed by atoms with E-state index in [1.165, 1.54) is 0 Å². The molecular formula is C18H15NOS. The maximum atomic E-state index is 12.5. The predicted octanol–water partition coefficient (Wildman–Crippen LogP) is 4.81. The number of amides is 1. The van der Waals surface area contributed by atoms with Crippen molar-refractivity contribution in [2.45, 2.75) is 4.90 Å². The van der Waals surface area contributed by atoms with Gasteiger partial charge in [-0.1, -0.05) is 48.5 Å². The van der Waals surface area contributed by atoms with Gasteiger partial charge in [0.15, 0.2) is 0 Å². The second kappa shape index (κ2) is 6.02. The zero-order valence-electron chi connectivity index (χ0n) is 11.7. The quantitative estimate of drug-likeness (QED) is 0.702. The number of carbonyl (C=O) groups is 1. The third-order valence-corrected chi connectivity index (χ3v) is 4.19. The minimum Gasteiger partial charge on any atom is -0.321 e. The Morgan fingerprint density at radius 2 is 1.62 bits per heavy atom. The highest BCUT2D eigenvalue weighted by molar-refractivity contribution is 7.98. The lowest BCUT2D eigenvalue weighted by atomic mass is 10.1. The molecule has 0 saturated carbocycles. The number of rotatable bonds is 3. The number of thioether (sulfide) groups is 1. The smallest absolute Gasteiger partial charge is 0.256 e. The molecule has 0 saturated heterocycles. The van der Waals surface area contributed by atoms with Crippen molar-refractivity contribution in [1.82, 2.24) is 0 Å². The van der Waals surface area contributed by atoms with Gasteiger partial charge < -0.3 is 5.32 Å². The summed E-state index contributed by atoms with van der Waals surface area (Å²) in [5.41, 5.74) is 1.55. The van der Waals surface area contributed by atoms with E-state index in [9.17, 15) is 4.79 Å². The molecule has 1 N–H and O–H groups in total. The first-order valence-electron chi connectivity index (χ1n) is 6.72. The summed E-state index contributed by atoms with van der Waals surface area (Å²) in [5.74, 6) is -0.0729. The Morgan fingerprint density at radius 3 is 2.48 bits per heavy atom. The van der Waals surface area contributed by atoms with E-state index >= 15 is 0 Å². The Hall–Kier alpha value is -2.26. The Bertz CT molecular complexity index is 793. The van der Waals surface area contributed by atoms with Gasteiger partial charge in [-0.3, -0.25) is 4.79 Å². The minimum atomic E-state index is -0.0729. The number of fused-ring (bicyclic) bond motifs is 1. The Labute approximate surface area is 128 Å². The topological polar surface area (TPSA) is 29.1 Å². The molecule has 104 valence electrons. The van der Waals surface area contributed by atoms with Gasteiger partial charge in [0, 0.05) is 16.0 Å². The average molecular weight is 293 g/mol. The number of hydrogen-bond donors (Lipinski definition) is 1. The third kappa shape index (κ3) is 2.78. The van der Waals surface area contributed by atoms with Gasteiger partial charge in [-0.15, -0.1) is 11.8 Å². The van der Waals surface area contributed by atoms with Crippen molar-refractivity contribution in [3.05, 3.63) is 72.3 Å². The molecule has 3 rings (SSSR count). The van der Waals surface area contributed by atoms with E-state index in [4.69, 9.17) is 0 Å². The summed E-state index contributed by atoms with van der Waals surface area (Å²) < 4.78 is 0. The van der Waals surface area contributed by atoms with Crippen LogP contribution in [-0.4, -0.2) is 12.2 Å². The fourth-order valence-electron chi connectivity index (χ4n) is 2.36. The minimum absolute atomic E-state index is 0.0729. The highest BCUT2D eigenvalue weighted by Gasteiger charge is 2.11. The fraction of sp³-hybridized carbons (Fsp3) is 0.0556. The van der Waals surface area contributed by atoms with Crippen molar-refractivity contribution in [2.24, 2.45) is 0 Å². The molecule has 0 aliphatic rings. The monoisotopic (exact) mass is 293 g/mol. The molecule has 3 heteroatoms. The summed E-state index contributed by atoms with van der Waals surface area (Å²) in [7, 11) is 0. The van der Waals surface area contributed by atoms with Gasteiger partial charge >= 0.3 is 0 Å². The van der Waals surface area contributed by atoms with Crippen molar-refractivity contribution in [1.29, 1.82) is 0 Å². The summed E-state index contributed by atoms with van der Waals surface area (Å²) in [6.45, 7) is 0. The third-order valence-electron chi connectivity index (χ3n) is 3.39. The number of benzene rings is 3. The van der Waals surface area contributed by atoms with Crippen LogP contribution >= 0.6 is 11.8 Å². The van der Waals surface area contributed by atoms with Crippen molar-refractivity contribution < 1.29 is 4.79 Å². The van der Waals surface area contributed by atoms with Crippen molar-refractivity contribution in [3.63, 3.8) is 0 Å². The molecule has 21 heavy (non-hydrogen) atoms. The van der Waals surface area contributed by atoms with Crippen LogP contribution in [0.4, 0.5) is 5.69 Å². The summed E-state index contributed by atoms with van der Waals surface area (Å²) in [4.78, 5) is 13.5. The summed E-state index contributed by atoms with van der Waals surface area (Å²) >= 11 is 1.58. The Kier molecular flexibility index (Phi) is 3.93. The second-order valence-corrected chi connectivity index (χ2v) is 5.53. The maximum absolute atomic E-state index is 12.5. The number of hydrogen-bond acceptors (Lipinski definition) is 2. The zero-order valence-corrected chi connectivity index (χ0v) is 12.5. The van der Waals surface area contributed by atoms with Gasteiger partial charge in [-0.2, -0.15) is 0 Å². The molecule has 0 spiro atoms. The first-order chi connectivity index (χ1) is 10.3. The molecule has 2 nitrogen and oxygen atoms in total. The average Bonchev–Trinajstić information content (AvgIpc) is 2.55. The molecule has 1 amide bonds. The predicted molar refractivity (Wildman–Crippen MR) is 90.1 cm³/mol. The fourth-order valence-corrected chi connectivity index (χ4v) is 2.95. The van der Waals surface area contributed by atoms with Crippen molar-refractivity contribution >= 4 is 34.1 Å². The van der Waals surface area contributed by atoms with E-state index in [0.717, 1.165) is 21.4 Å².